The van der Waals surface area contributed by atoms with Crippen molar-refractivity contribution in [2.24, 2.45) is 0 Å². The third kappa shape index (κ3) is 3.53. The van der Waals surface area contributed by atoms with Crippen LogP contribution in [0.1, 0.15) is 41.0 Å². The summed E-state index contributed by atoms with van der Waals surface area (Å²) in [4.78, 5) is 14.2. The Balaban J connectivity index is 1.88. The molecule has 1 aromatic heterocycles. The summed E-state index contributed by atoms with van der Waals surface area (Å²) in [7, 11) is 0. The average molecular weight is 366 g/mol. The number of benzene rings is 1. The third-order valence-electron chi connectivity index (χ3n) is 4.86. The first-order chi connectivity index (χ1) is 11.5. The number of aryl methyl sites for hydroxylation is 1. The summed E-state index contributed by atoms with van der Waals surface area (Å²) < 4.78 is 2.07. The van der Waals surface area contributed by atoms with Crippen LogP contribution in [0.25, 0.3) is 5.69 Å². The minimum absolute atomic E-state index is 0.228. The van der Waals surface area contributed by atoms with E-state index in [4.69, 9.17) is 23.2 Å². The maximum absolute atomic E-state index is 12.8. The summed E-state index contributed by atoms with van der Waals surface area (Å²) in [5.74, 6) is 0.228. The number of halogens is 2. The van der Waals surface area contributed by atoms with Gasteiger partial charge in [0.25, 0.3) is 0 Å². The molecular formula is C19H23Cl2N2O+. The predicted octanol–water partition coefficient (Wildman–Crippen LogP) is 3.65. The second-order valence-corrected chi connectivity index (χ2v) is 7.44. The van der Waals surface area contributed by atoms with Gasteiger partial charge in [-0.05, 0) is 57.4 Å². The Kier molecular flexibility index (Phi) is 5.33. The fourth-order valence-electron chi connectivity index (χ4n) is 3.62. The van der Waals surface area contributed by atoms with Gasteiger partial charge < -0.3 is 9.47 Å². The van der Waals surface area contributed by atoms with E-state index >= 15 is 0 Å². The number of likely N-dealkylation sites (tertiary alicyclic amines) is 1. The molecule has 0 radical (unpaired) electrons. The van der Waals surface area contributed by atoms with Gasteiger partial charge in [-0.15, -0.1) is 0 Å². The number of nitrogens with zero attached hydrogens (tertiary/aromatic N) is 1. The van der Waals surface area contributed by atoms with Crippen LogP contribution in [0.5, 0.6) is 0 Å². The molecule has 1 fully saturated rings. The van der Waals surface area contributed by atoms with Gasteiger partial charge in [0, 0.05) is 22.6 Å². The zero-order chi connectivity index (χ0) is 17.3. The fourth-order valence-corrected chi connectivity index (χ4v) is 3.91. The number of aromatic nitrogens is 1. The highest BCUT2D eigenvalue weighted by Gasteiger charge is 2.22. The number of quaternary nitrogens is 1. The Morgan fingerprint density at radius 2 is 1.79 bits per heavy atom. The molecule has 2 aromatic rings. The highest BCUT2D eigenvalue weighted by molar-refractivity contribution is 6.42. The molecule has 2 heterocycles. The summed E-state index contributed by atoms with van der Waals surface area (Å²) in [6.45, 7) is 6.81. The second-order valence-electron chi connectivity index (χ2n) is 6.63. The van der Waals surface area contributed by atoms with Gasteiger partial charge >= 0.3 is 0 Å². The first kappa shape index (κ1) is 17.5. The van der Waals surface area contributed by atoms with E-state index in [1.165, 1.54) is 24.2 Å². The lowest BCUT2D eigenvalue weighted by molar-refractivity contribution is -0.896. The average Bonchev–Trinajstić information content (AvgIpc) is 2.86. The summed E-state index contributed by atoms with van der Waals surface area (Å²) in [5.41, 5.74) is 3.75. The third-order valence-corrected chi connectivity index (χ3v) is 5.60. The van der Waals surface area contributed by atoms with Crippen molar-refractivity contribution in [1.82, 2.24) is 4.57 Å². The number of carbonyl (C=O) groups excluding carboxylic acids is 1. The van der Waals surface area contributed by atoms with Gasteiger partial charge in [-0.2, -0.15) is 0 Å². The van der Waals surface area contributed by atoms with Crippen molar-refractivity contribution in [2.75, 3.05) is 19.6 Å². The fraction of sp³-hybridized carbons (Fsp3) is 0.421. The molecule has 3 nitrogen and oxygen atoms in total. The summed E-state index contributed by atoms with van der Waals surface area (Å²) >= 11 is 12.2. The molecule has 0 saturated carbocycles. The first-order valence-corrected chi connectivity index (χ1v) is 9.24. The molecule has 0 spiro atoms. The van der Waals surface area contributed by atoms with Crippen molar-refractivity contribution in [3.63, 3.8) is 0 Å². The van der Waals surface area contributed by atoms with E-state index in [1.54, 1.807) is 6.07 Å². The molecule has 24 heavy (non-hydrogen) atoms. The summed E-state index contributed by atoms with van der Waals surface area (Å²) in [6, 6.07) is 7.55. The molecule has 1 aliphatic rings. The van der Waals surface area contributed by atoms with E-state index in [9.17, 15) is 4.79 Å². The van der Waals surface area contributed by atoms with E-state index in [0.29, 0.717) is 16.6 Å². The number of hydrogen-bond donors (Lipinski definition) is 1. The van der Waals surface area contributed by atoms with E-state index in [-0.39, 0.29) is 5.78 Å². The monoisotopic (exact) mass is 365 g/mol. The van der Waals surface area contributed by atoms with Crippen LogP contribution in [0, 0.1) is 13.8 Å². The summed E-state index contributed by atoms with van der Waals surface area (Å²) in [6.07, 6.45) is 3.75. The number of hydrogen-bond acceptors (Lipinski definition) is 1. The van der Waals surface area contributed by atoms with Gasteiger partial charge in [0.1, 0.15) is 6.54 Å². The standard InChI is InChI=1S/C19H22Cl2N2O/c1-13-10-16(19(24)12-22-8-4-3-5-9-22)14(2)23(13)15-6-7-17(20)18(21)11-15/h6-7,10-11H,3-5,8-9,12H2,1-2H3/p+1. The van der Waals surface area contributed by atoms with Crippen LogP contribution >= 0.6 is 23.2 Å². The van der Waals surface area contributed by atoms with E-state index < -0.39 is 0 Å². The Bertz CT molecular complexity index is 761. The number of piperidine rings is 1. The number of ketones is 1. The predicted molar refractivity (Wildman–Crippen MR) is 99.0 cm³/mol. The molecule has 0 aliphatic carbocycles. The van der Waals surface area contributed by atoms with Gasteiger partial charge in [0.2, 0.25) is 5.78 Å². The lowest BCUT2D eigenvalue weighted by Crippen LogP contribution is -3.13. The quantitative estimate of drug-likeness (QED) is 0.822. The maximum atomic E-state index is 12.8. The Hall–Kier alpha value is -1.29. The van der Waals surface area contributed by atoms with Crippen LogP contribution < -0.4 is 4.90 Å². The highest BCUT2D eigenvalue weighted by atomic mass is 35.5. The lowest BCUT2D eigenvalue weighted by atomic mass is 10.1. The molecule has 1 aliphatic heterocycles. The minimum Gasteiger partial charge on any atom is -0.328 e. The topological polar surface area (TPSA) is 26.4 Å². The Morgan fingerprint density at radius 1 is 1.08 bits per heavy atom. The van der Waals surface area contributed by atoms with Crippen LogP contribution in [0.4, 0.5) is 0 Å². The van der Waals surface area contributed by atoms with Crippen molar-refractivity contribution in [1.29, 1.82) is 0 Å². The van der Waals surface area contributed by atoms with E-state index in [0.717, 1.165) is 35.7 Å². The van der Waals surface area contributed by atoms with E-state index in [1.807, 2.05) is 32.0 Å². The molecule has 3 rings (SSSR count). The lowest BCUT2D eigenvalue weighted by Gasteiger charge is -2.22. The van der Waals surface area contributed by atoms with Crippen molar-refractivity contribution in [3.8, 4) is 5.69 Å². The smallest absolute Gasteiger partial charge is 0.218 e. The first-order valence-electron chi connectivity index (χ1n) is 8.48. The maximum Gasteiger partial charge on any atom is 0.218 e. The van der Waals surface area contributed by atoms with Gasteiger partial charge in [-0.3, -0.25) is 4.79 Å². The second kappa shape index (κ2) is 7.30. The van der Waals surface area contributed by atoms with E-state index in [2.05, 4.69) is 4.57 Å². The van der Waals surface area contributed by atoms with Gasteiger partial charge in [0.15, 0.2) is 0 Å². The Labute approximate surface area is 153 Å². The molecule has 5 heteroatoms. The molecule has 1 saturated heterocycles. The summed E-state index contributed by atoms with van der Waals surface area (Å²) in [5, 5.41) is 1.06. The molecule has 0 bridgehead atoms. The van der Waals surface area contributed by atoms with Crippen LogP contribution in [-0.4, -0.2) is 30.0 Å². The number of carbonyl (C=O) groups is 1. The number of rotatable bonds is 4. The minimum atomic E-state index is 0.228. The van der Waals surface area contributed by atoms with Crippen LogP contribution in [0.15, 0.2) is 24.3 Å². The van der Waals surface area contributed by atoms with Crippen LogP contribution in [0.2, 0.25) is 10.0 Å². The van der Waals surface area contributed by atoms with Crippen molar-refractivity contribution >= 4 is 29.0 Å². The largest absolute Gasteiger partial charge is 0.328 e. The molecule has 1 N–H and O–H groups in total. The zero-order valence-electron chi connectivity index (χ0n) is 14.2. The van der Waals surface area contributed by atoms with Gasteiger partial charge in [0.05, 0.1) is 23.1 Å². The Morgan fingerprint density at radius 3 is 2.46 bits per heavy atom. The molecule has 0 amide bonds. The zero-order valence-corrected chi connectivity index (χ0v) is 15.7. The van der Waals surface area contributed by atoms with Crippen molar-refractivity contribution < 1.29 is 9.69 Å². The van der Waals surface area contributed by atoms with Gasteiger partial charge in [-0.25, -0.2) is 0 Å². The van der Waals surface area contributed by atoms with Crippen LogP contribution in [0.3, 0.4) is 0 Å². The molecular weight excluding hydrogens is 343 g/mol. The molecule has 0 unspecified atom stereocenters. The molecule has 0 atom stereocenters. The van der Waals surface area contributed by atoms with Crippen molar-refractivity contribution in [3.05, 3.63) is 51.3 Å². The van der Waals surface area contributed by atoms with Crippen LogP contribution in [-0.2, 0) is 0 Å². The number of Topliss-reactive ketones (excluding diaryl/α,β-unsaturated/α-hetero) is 1. The van der Waals surface area contributed by atoms with Gasteiger partial charge in [-0.1, -0.05) is 23.2 Å². The SMILES string of the molecule is Cc1cc(C(=O)C[NH+]2CCCCC2)c(C)n1-c1ccc(Cl)c(Cl)c1. The highest BCUT2D eigenvalue weighted by Crippen LogP contribution is 2.27. The number of nitrogens with one attached hydrogen (secondary N) is 1. The normalized spacial score (nSPS) is 15.7. The molecule has 128 valence electrons. The molecule has 1 aromatic carbocycles. The van der Waals surface area contributed by atoms with Crippen molar-refractivity contribution in [2.45, 2.75) is 33.1 Å².